The highest BCUT2D eigenvalue weighted by atomic mass is 16.4. The van der Waals surface area contributed by atoms with Crippen LogP contribution in [0.3, 0.4) is 0 Å². The molecule has 6 atom stereocenters. The van der Waals surface area contributed by atoms with Crippen LogP contribution in [-0.4, -0.2) is 134 Å². The van der Waals surface area contributed by atoms with Crippen LogP contribution in [-0.2, 0) is 33.6 Å². The van der Waals surface area contributed by atoms with Crippen molar-refractivity contribution in [2.75, 3.05) is 45.9 Å². The van der Waals surface area contributed by atoms with Gasteiger partial charge < -0.3 is 76.5 Å². The molecule has 0 aromatic carbocycles. The maximum Gasteiger partial charge on any atom is 0.326 e. The number of aliphatic carboxylic acids is 1. The predicted molar refractivity (Wildman–Crippen MR) is 210 cm³/mol. The maximum absolute atomic E-state index is 13.9. The molecule has 21 heteroatoms. The summed E-state index contributed by atoms with van der Waals surface area (Å²) in [5, 5.41) is 34.8. The summed E-state index contributed by atoms with van der Waals surface area (Å²) in [7, 11) is 0. The molecule has 0 aromatic heterocycles. The van der Waals surface area contributed by atoms with Gasteiger partial charge in [0.05, 0.1) is 13.2 Å². The minimum atomic E-state index is -1.39. The van der Waals surface area contributed by atoms with Crippen LogP contribution >= 0.6 is 0 Å². The fraction of sp³-hybridized carbons (Fsp3) is 0.800. The van der Waals surface area contributed by atoms with Gasteiger partial charge in [0.1, 0.15) is 36.3 Å². The van der Waals surface area contributed by atoms with E-state index >= 15 is 0 Å². The molecule has 0 fully saturated rings. The molecule has 0 radical (unpaired) electrons. The van der Waals surface area contributed by atoms with Crippen molar-refractivity contribution >= 4 is 41.4 Å². The Labute approximate surface area is 329 Å². The number of aliphatic hydroxyl groups excluding tert-OH is 1. The largest absolute Gasteiger partial charge is 0.480 e. The van der Waals surface area contributed by atoms with Gasteiger partial charge in [-0.3, -0.25) is 28.8 Å². The predicted octanol–water partition coefficient (Wildman–Crippen LogP) is -4.42. The second kappa shape index (κ2) is 32.1. The number of carboxylic acids is 1. The molecule has 0 rings (SSSR count). The van der Waals surface area contributed by atoms with Crippen LogP contribution in [0.4, 0.5) is 0 Å². The Balaban J connectivity index is 6.33. The molecule has 0 saturated heterocycles. The number of hydrogen-bond donors (Lipinski definition) is 14. The van der Waals surface area contributed by atoms with Crippen LogP contribution in [0.15, 0.2) is 0 Å². The van der Waals surface area contributed by atoms with E-state index in [-0.39, 0.29) is 32.1 Å². The zero-order valence-corrected chi connectivity index (χ0v) is 32.7. The molecule has 6 amide bonds. The molecule has 0 spiro atoms. The molecule has 0 unspecified atom stereocenters. The Kier molecular flexibility index (Phi) is 29.8. The summed E-state index contributed by atoms with van der Waals surface area (Å²) in [5.41, 5.74) is 33.5. The van der Waals surface area contributed by atoms with Crippen molar-refractivity contribution in [1.29, 1.82) is 0 Å². The third-order valence-corrected chi connectivity index (χ3v) is 8.90. The molecule has 0 aliphatic rings. The van der Waals surface area contributed by atoms with Gasteiger partial charge in [-0.2, -0.15) is 0 Å². The lowest BCUT2D eigenvalue weighted by Crippen LogP contribution is -2.59. The molecular weight excluding hydrogens is 732 g/mol. The third-order valence-electron chi connectivity index (χ3n) is 8.90. The Morgan fingerprint density at radius 2 is 0.625 bits per heavy atom. The van der Waals surface area contributed by atoms with E-state index in [4.69, 9.17) is 34.4 Å². The second-order valence-corrected chi connectivity index (χ2v) is 13.6. The molecule has 56 heavy (non-hydrogen) atoms. The van der Waals surface area contributed by atoms with Crippen molar-refractivity contribution in [2.45, 2.75) is 133 Å². The van der Waals surface area contributed by atoms with Gasteiger partial charge in [0, 0.05) is 0 Å². The van der Waals surface area contributed by atoms with Crippen LogP contribution < -0.4 is 66.3 Å². The van der Waals surface area contributed by atoms with Crippen molar-refractivity contribution in [3.63, 3.8) is 0 Å². The molecule has 0 aliphatic heterocycles. The summed E-state index contributed by atoms with van der Waals surface area (Å²) >= 11 is 0. The summed E-state index contributed by atoms with van der Waals surface area (Å²) in [5.74, 6) is -5.63. The number of aliphatic hydroxyl groups is 1. The maximum atomic E-state index is 13.9. The summed E-state index contributed by atoms with van der Waals surface area (Å²) in [4.78, 5) is 91.4. The van der Waals surface area contributed by atoms with Gasteiger partial charge in [-0.15, -0.1) is 0 Å². The fourth-order valence-electron chi connectivity index (χ4n) is 5.61. The van der Waals surface area contributed by atoms with E-state index in [0.717, 1.165) is 0 Å². The second-order valence-electron chi connectivity index (χ2n) is 13.6. The van der Waals surface area contributed by atoms with Crippen LogP contribution in [0.25, 0.3) is 0 Å². The standard InChI is InChI=1S/C35H70N12O9/c36-16-6-1-11-23(44-32(52)25(13-3-8-18-38)46-34(54)28(22-48)42-29(49)21-41)30(50)43-24(12-2-7-17-37)31(51)45-26(14-4-9-19-39)33(53)47-27(35(55)56)15-5-10-20-40/h23-28,48H,1-22,36-41H2,(H,42,49)(H,43,50)(H,44,52)(H,45,51)(H,46,54)(H,47,53)(H,55,56)/t23-,24-,25-,26-,27-,28-/m0/s1. The fourth-order valence-corrected chi connectivity index (χ4v) is 5.61. The Hall–Kier alpha value is -3.99. The number of carbonyl (C=O) groups is 7. The van der Waals surface area contributed by atoms with Crippen molar-refractivity contribution < 1.29 is 43.8 Å². The van der Waals surface area contributed by atoms with E-state index in [1.807, 2.05) is 0 Å². The van der Waals surface area contributed by atoms with Crippen molar-refractivity contribution in [3.05, 3.63) is 0 Å². The first kappa shape index (κ1) is 52.0. The molecule has 0 bridgehead atoms. The Morgan fingerprint density at radius 3 is 0.857 bits per heavy atom. The van der Waals surface area contributed by atoms with Gasteiger partial charge in [-0.05, 0) is 129 Å². The topological polar surface area (TPSA) is 388 Å². The molecule has 324 valence electrons. The first-order valence-corrected chi connectivity index (χ1v) is 19.7. The average Bonchev–Trinajstić information content (AvgIpc) is 3.17. The average molecular weight is 803 g/mol. The molecule has 0 aliphatic carbocycles. The third kappa shape index (κ3) is 22.5. The van der Waals surface area contributed by atoms with Gasteiger partial charge in [-0.25, -0.2) is 4.79 Å². The lowest BCUT2D eigenvalue weighted by atomic mass is 10.0. The number of rotatable bonds is 34. The van der Waals surface area contributed by atoms with Gasteiger partial charge in [0.15, 0.2) is 0 Å². The number of nitrogens with one attached hydrogen (secondary N) is 6. The van der Waals surface area contributed by atoms with Gasteiger partial charge >= 0.3 is 5.97 Å². The van der Waals surface area contributed by atoms with Gasteiger partial charge in [0.25, 0.3) is 0 Å². The molecule has 0 saturated carbocycles. The normalized spacial score (nSPS) is 14.3. The minimum Gasteiger partial charge on any atom is -0.480 e. The molecule has 0 aromatic rings. The quantitative estimate of drug-likeness (QED) is 0.0273. The number of nitrogens with two attached hydrogens (primary N) is 6. The SMILES string of the molecule is NCCCC[C@H](NC(=O)[C@H](CCCCN)NC(=O)[C@H](CCCCN)NC(=O)[C@H](CCCCN)NC(=O)[C@H](CCCCN)NC(=O)[C@H](CO)NC(=O)CN)C(=O)O. The molecule has 20 N–H and O–H groups in total. The van der Waals surface area contributed by atoms with Crippen LogP contribution in [0.5, 0.6) is 0 Å². The number of carbonyl (C=O) groups excluding carboxylic acids is 6. The van der Waals surface area contributed by atoms with E-state index in [2.05, 4.69) is 31.9 Å². The van der Waals surface area contributed by atoms with Crippen LogP contribution in [0.1, 0.15) is 96.3 Å². The number of amides is 6. The van der Waals surface area contributed by atoms with E-state index in [0.29, 0.717) is 96.9 Å². The Bertz CT molecular complexity index is 1180. The number of carboxylic acid groups (broad SMARTS) is 1. The molecule has 0 heterocycles. The minimum absolute atomic E-state index is 0.113. The summed E-state index contributed by atoms with van der Waals surface area (Å²) in [6.07, 6.45) is 5.47. The van der Waals surface area contributed by atoms with E-state index in [1.165, 1.54) is 0 Å². The smallest absolute Gasteiger partial charge is 0.326 e. The molecule has 21 nitrogen and oxygen atoms in total. The van der Waals surface area contributed by atoms with Crippen molar-refractivity contribution in [3.8, 4) is 0 Å². The highest BCUT2D eigenvalue weighted by Gasteiger charge is 2.33. The van der Waals surface area contributed by atoms with Gasteiger partial charge in [-0.1, -0.05) is 0 Å². The zero-order valence-electron chi connectivity index (χ0n) is 32.7. The lowest BCUT2D eigenvalue weighted by Gasteiger charge is -2.27. The summed E-state index contributed by atoms with van der Waals surface area (Å²) in [6, 6.07) is -7.29. The number of unbranched alkanes of at least 4 members (excludes halogenated alkanes) is 5. The number of hydrogen-bond acceptors (Lipinski definition) is 14. The lowest BCUT2D eigenvalue weighted by molar-refractivity contribution is -0.142. The summed E-state index contributed by atoms with van der Waals surface area (Å²) < 4.78 is 0. The highest BCUT2D eigenvalue weighted by Crippen LogP contribution is 2.10. The van der Waals surface area contributed by atoms with Crippen LogP contribution in [0, 0.1) is 0 Å². The first-order chi connectivity index (χ1) is 26.8. The Morgan fingerprint density at radius 1 is 0.375 bits per heavy atom. The molecular formula is C35H70N12O9. The van der Waals surface area contributed by atoms with Crippen LogP contribution in [0.2, 0.25) is 0 Å². The van der Waals surface area contributed by atoms with Crippen molar-refractivity contribution in [1.82, 2.24) is 31.9 Å². The highest BCUT2D eigenvalue weighted by molar-refractivity contribution is 5.96. The summed E-state index contributed by atoms with van der Waals surface area (Å²) in [6.45, 7) is 0.435. The van der Waals surface area contributed by atoms with E-state index in [1.54, 1.807) is 0 Å². The monoisotopic (exact) mass is 803 g/mol. The van der Waals surface area contributed by atoms with E-state index < -0.39 is 90.8 Å². The van der Waals surface area contributed by atoms with E-state index in [9.17, 15) is 43.8 Å². The van der Waals surface area contributed by atoms with Crippen molar-refractivity contribution in [2.24, 2.45) is 34.4 Å². The first-order valence-electron chi connectivity index (χ1n) is 19.7. The van der Waals surface area contributed by atoms with Gasteiger partial charge in [0.2, 0.25) is 35.4 Å². The zero-order chi connectivity index (χ0) is 42.3.